The second-order valence-electron chi connectivity index (χ2n) is 4.86. The van der Waals surface area contributed by atoms with Crippen LogP contribution in [0.5, 0.6) is 5.75 Å². The summed E-state index contributed by atoms with van der Waals surface area (Å²) in [7, 11) is 0. The third-order valence-corrected chi connectivity index (χ3v) is 2.82. The van der Waals surface area contributed by atoms with E-state index < -0.39 is 5.63 Å². The van der Waals surface area contributed by atoms with Crippen LogP contribution in [-0.2, 0) is 4.79 Å². The van der Waals surface area contributed by atoms with Crippen LogP contribution in [0.4, 0.5) is 0 Å². The molecule has 1 amide bonds. The lowest BCUT2D eigenvalue weighted by Gasteiger charge is -2.39. The van der Waals surface area contributed by atoms with Gasteiger partial charge in [0.15, 0.2) is 0 Å². The molecule has 0 atom stereocenters. The maximum Gasteiger partial charge on any atom is 0.339 e. The van der Waals surface area contributed by atoms with Crippen molar-refractivity contribution in [2.45, 2.75) is 26.9 Å². The third-order valence-electron chi connectivity index (χ3n) is 2.82. The zero-order valence-corrected chi connectivity index (χ0v) is 10.8. The molecule has 0 bridgehead atoms. The molecule has 18 heavy (non-hydrogen) atoms. The van der Waals surface area contributed by atoms with Gasteiger partial charge in [0.25, 0.3) is 0 Å². The Morgan fingerprint density at radius 2 is 2.11 bits per heavy atom. The molecule has 98 valence electrons. The molecule has 1 aromatic heterocycles. The first-order chi connectivity index (χ1) is 8.45. The van der Waals surface area contributed by atoms with Gasteiger partial charge in [-0.05, 0) is 6.92 Å². The van der Waals surface area contributed by atoms with Gasteiger partial charge >= 0.3 is 5.63 Å². The van der Waals surface area contributed by atoms with Crippen LogP contribution in [0.25, 0.3) is 0 Å². The summed E-state index contributed by atoms with van der Waals surface area (Å²) in [5.41, 5.74) is -0.417. The fourth-order valence-corrected chi connectivity index (χ4v) is 1.89. The molecule has 1 aromatic rings. The summed E-state index contributed by atoms with van der Waals surface area (Å²) in [5, 5.41) is 0. The fourth-order valence-electron chi connectivity index (χ4n) is 1.89. The van der Waals surface area contributed by atoms with Crippen LogP contribution in [0, 0.1) is 12.8 Å². The molecule has 0 aromatic carbocycles. The van der Waals surface area contributed by atoms with Crippen LogP contribution in [0.2, 0.25) is 0 Å². The van der Waals surface area contributed by atoms with Crippen LogP contribution >= 0.6 is 0 Å². The maximum atomic E-state index is 11.6. The Morgan fingerprint density at radius 1 is 1.44 bits per heavy atom. The predicted octanol–water partition coefficient (Wildman–Crippen LogP) is 1.19. The van der Waals surface area contributed by atoms with Crippen molar-refractivity contribution in [2.75, 3.05) is 13.1 Å². The number of carbonyl (C=O) groups is 1. The van der Waals surface area contributed by atoms with Crippen molar-refractivity contribution in [1.82, 2.24) is 4.90 Å². The largest absolute Gasteiger partial charge is 0.486 e. The Hall–Kier alpha value is -1.78. The van der Waals surface area contributed by atoms with Gasteiger partial charge in [0.05, 0.1) is 19.2 Å². The van der Waals surface area contributed by atoms with Gasteiger partial charge in [-0.3, -0.25) is 4.79 Å². The topological polar surface area (TPSA) is 59.8 Å². The molecule has 1 fully saturated rings. The Kier molecular flexibility index (Phi) is 3.41. The van der Waals surface area contributed by atoms with Gasteiger partial charge in [0.1, 0.15) is 17.6 Å². The quantitative estimate of drug-likeness (QED) is 0.809. The molecular weight excluding hydrogens is 234 g/mol. The first kappa shape index (κ1) is 12.7. The normalized spacial score (nSPS) is 15.7. The summed E-state index contributed by atoms with van der Waals surface area (Å²) in [5.74, 6) is 1.17. The van der Waals surface area contributed by atoms with Gasteiger partial charge in [-0.25, -0.2) is 4.79 Å². The summed E-state index contributed by atoms with van der Waals surface area (Å²) >= 11 is 0. The summed E-state index contributed by atoms with van der Waals surface area (Å²) in [6.45, 7) is 6.61. The molecule has 0 unspecified atom stereocenters. The number of likely N-dealkylation sites (tertiary alicyclic amines) is 1. The minimum absolute atomic E-state index is 0.0111. The van der Waals surface area contributed by atoms with E-state index in [0.29, 0.717) is 24.6 Å². The zero-order chi connectivity index (χ0) is 13.3. The van der Waals surface area contributed by atoms with Crippen molar-refractivity contribution in [3.05, 3.63) is 28.3 Å². The summed E-state index contributed by atoms with van der Waals surface area (Å²) < 4.78 is 10.5. The van der Waals surface area contributed by atoms with E-state index in [-0.39, 0.29) is 17.9 Å². The second-order valence-corrected chi connectivity index (χ2v) is 4.86. The molecule has 1 saturated heterocycles. The van der Waals surface area contributed by atoms with Crippen molar-refractivity contribution >= 4 is 5.91 Å². The number of aryl methyl sites for hydroxylation is 1. The van der Waals surface area contributed by atoms with E-state index in [2.05, 4.69) is 0 Å². The molecule has 2 heterocycles. The SMILES string of the molecule is Cc1cc(OC2CN(C(=O)C(C)C)C2)cc(=O)o1. The lowest BCUT2D eigenvalue weighted by atomic mass is 10.1. The number of hydrogen-bond donors (Lipinski definition) is 0. The highest BCUT2D eigenvalue weighted by atomic mass is 16.5. The molecule has 0 radical (unpaired) electrons. The average Bonchev–Trinajstić information content (AvgIpc) is 2.20. The molecule has 0 spiro atoms. The maximum absolute atomic E-state index is 11.6. The van der Waals surface area contributed by atoms with Gasteiger partial charge < -0.3 is 14.1 Å². The van der Waals surface area contributed by atoms with Crippen molar-refractivity contribution in [3.8, 4) is 5.75 Å². The lowest BCUT2D eigenvalue weighted by molar-refractivity contribution is -0.143. The molecule has 2 rings (SSSR count). The van der Waals surface area contributed by atoms with Gasteiger partial charge in [-0.2, -0.15) is 0 Å². The molecular formula is C13H17NO4. The summed E-state index contributed by atoms with van der Waals surface area (Å²) in [6, 6.07) is 2.99. The molecule has 0 N–H and O–H groups in total. The van der Waals surface area contributed by atoms with Crippen molar-refractivity contribution < 1.29 is 13.9 Å². The highest BCUT2D eigenvalue weighted by molar-refractivity contribution is 5.79. The van der Waals surface area contributed by atoms with E-state index in [9.17, 15) is 9.59 Å². The van der Waals surface area contributed by atoms with Crippen LogP contribution in [0.15, 0.2) is 21.3 Å². The monoisotopic (exact) mass is 251 g/mol. The van der Waals surface area contributed by atoms with E-state index in [4.69, 9.17) is 9.15 Å². The Morgan fingerprint density at radius 3 is 2.67 bits per heavy atom. The fraction of sp³-hybridized carbons (Fsp3) is 0.538. The molecule has 0 aliphatic carbocycles. The minimum atomic E-state index is -0.417. The summed E-state index contributed by atoms with van der Waals surface area (Å²) in [6.07, 6.45) is -0.0334. The van der Waals surface area contributed by atoms with Crippen molar-refractivity contribution in [2.24, 2.45) is 5.92 Å². The second kappa shape index (κ2) is 4.84. The number of nitrogens with zero attached hydrogens (tertiary/aromatic N) is 1. The number of hydrogen-bond acceptors (Lipinski definition) is 4. The highest BCUT2D eigenvalue weighted by Gasteiger charge is 2.33. The standard InChI is InChI=1S/C13H17NO4/c1-8(2)13(16)14-6-11(7-14)18-10-4-9(3)17-12(15)5-10/h4-5,8,11H,6-7H2,1-3H3. The predicted molar refractivity (Wildman–Crippen MR) is 65.5 cm³/mol. The molecule has 0 saturated carbocycles. The van der Waals surface area contributed by atoms with Crippen LogP contribution in [-0.4, -0.2) is 30.0 Å². The average molecular weight is 251 g/mol. The molecule has 5 heteroatoms. The van der Waals surface area contributed by atoms with Crippen molar-refractivity contribution in [3.63, 3.8) is 0 Å². The first-order valence-electron chi connectivity index (χ1n) is 6.03. The molecule has 1 aliphatic rings. The van der Waals surface area contributed by atoms with E-state index in [1.807, 2.05) is 13.8 Å². The zero-order valence-electron chi connectivity index (χ0n) is 10.8. The van der Waals surface area contributed by atoms with E-state index >= 15 is 0 Å². The van der Waals surface area contributed by atoms with Crippen molar-refractivity contribution in [1.29, 1.82) is 0 Å². The summed E-state index contributed by atoms with van der Waals surface area (Å²) in [4.78, 5) is 24.5. The Labute approximate surface area is 105 Å². The van der Waals surface area contributed by atoms with Gasteiger partial charge in [0.2, 0.25) is 5.91 Å². The van der Waals surface area contributed by atoms with Crippen LogP contribution in [0.1, 0.15) is 19.6 Å². The first-order valence-corrected chi connectivity index (χ1v) is 6.03. The third kappa shape index (κ3) is 2.72. The highest BCUT2D eigenvalue weighted by Crippen LogP contribution is 2.19. The van der Waals surface area contributed by atoms with Gasteiger partial charge in [-0.15, -0.1) is 0 Å². The Balaban J connectivity index is 1.90. The lowest BCUT2D eigenvalue weighted by Crippen LogP contribution is -2.57. The molecule has 5 nitrogen and oxygen atoms in total. The van der Waals surface area contributed by atoms with Gasteiger partial charge in [-0.1, -0.05) is 13.8 Å². The number of carbonyl (C=O) groups excluding carboxylic acids is 1. The Bertz CT molecular complexity index is 500. The number of ether oxygens (including phenoxy) is 1. The van der Waals surface area contributed by atoms with E-state index in [0.717, 1.165) is 0 Å². The number of amides is 1. The molecule has 1 aliphatic heterocycles. The number of rotatable bonds is 3. The smallest absolute Gasteiger partial charge is 0.339 e. The van der Waals surface area contributed by atoms with E-state index in [1.165, 1.54) is 6.07 Å². The van der Waals surface area contributed by atoms with E-state index in [1.54, 1.807) is 17.9 Å². The van der Waals surface area contributed by atoms with Gasteiger partial charge in [0, 0.05) is 12.0 Å². The van der Waals surface area contributed by atoms with Crippen LogP contribution in [0.3, 0.4) is 0 Å². The minimum Gasteiger partial charge on any atom is -0.486 e. The van der Waals surface area contributed by atoms with Crippen LogP contribution < -0.4 is 10.4 Å².